The molecule has 3 rings (SSSR count). The minimum absolute atomic E-state index is 0.0226. The maximum absolute atomic E-state index is 13.1. The van der Waals surface area contributed by atoms with Gasteiger partial charge in [0.1, 0.15) is 16.9 Å². The molecule has 0 aliphatic heterocycles. The van der Waals surface area contributed by atoms with Crippen LogP contribution in [0.3, 0.4) is 0 Å². The average molecular weight is 292 g/mol. The summed E-state index contributed by atoms with van der Waals surface area (Å²) in [5, 5.41) is 9.03. The lowest BCUT2D eigenvalue weighted by Crippen LogP contribution is -1.95. The number of aromatic carboxylic acids is 1. The molecule has 4 nitrogen and oxygen atoms in total. The summed E-state index contributed by atoms with van der Waals surface area (Å²) in [5.41, 5.74) is 1.09. The van der Waals surface area contributed by atoms with Crippen molar-refractivity contribution < 1.29 is 18.7 Å². The number of carbonyl (C=O) groups is 1. The second-order valence-corrected chi connectivity index (χ2v) is 4.51. The largest absolute Gasteiger partial charge is 0.478 e. The van der Waals surface area contributed by atoms with Gasteiger partial charge < -0.3 is 9.52 Å². The molecule has 6 heteroatoms. The van der Waals surface area contributed by atoms with Gasteiger partial charge >= 0.3 is 5.97 Å². The van der Waals surface area contributed by atoms with Gasteiger partial charge in [-0.3, -0.25) is 0 Å². The number of carboxylic acid groups (broad SMARTS) is 1. The van der Waals surface area contributed by atoms with E-state index in [-0.39, 0.29) is 22.1 Å². The molecular formula is C14H7ClFNO3. The van der Waals surface area contributed by atoms with E-state index < -0.39 is 11.8 Å². The molecule has 0 aliphatic carbocycles. The Hall–Kier alpha value is -2.40. The van der Waals surface area contributed by atoms with Crippen LogP contribution in [0.2, 0.25) is 5.02 Å². The molecule has 100 valence electrons. The average Bonchev–Trinajstić information content (AvgIpc) is 2.85. The van der Waals surface area contributed by atoms with E-state index in [0.717, 1.165) is 0 Å². The Morgan fingerprint density at radius 1 is 1.30 bits per heavy atom. The van der Waals surface area contributed by atoms with Gasteiger partial charge in [0, 0.05) is 5.56 Å². The van der Waals surface area contributed by atoms with Gasteiger partial charge in [-0.2, -0.15) is 0 Å². The second kappa shape index (κ2) is 4.61. The van der Waals surface area contributed by atoms with E-state index in [1.165, 1.54) is 24.3 Å². The molecule has 0 radical (unpaired) electrons. The summed E-state index contributed by atoms with van der Waals surface area (Å²) in [7, 11) is 0. The van der Waals surface area contributed by atoms with E-state index in [1.807, 2.05) is 0 Å². The van der Waals surface area contributed by atoms with Crippen LogP contribution >= 0.6 is 11.6 Å². The SMILES string of the molecule is O=C(O)c1cccc2nc(-c3ccc(F)c(Cl)c3)oc12. The van der Waals surface area contributed by atoms with Crippen molar-refractivity contribution in [2.24, 2.45) is 0 Å². The fraction of sp³-hybridized carbons (Fsp3) is 0. The molecular weight excluding hydrogens is 285 g/mol. The number of hydrogen-bond acceptors (Lipinski definition) is 3. The van der Waals surface area contributed by atoms with Crippen LogP contribution in [0.25, 0.3) is 22.6 Å². The molecule has 1 aromatic heterocycles. The number of rotatable bonds is 2. The topological polar surface area (TPSA) is 63.3 Å². The smallest absolute Gasteiger partial charge is 0.339 e. The minimum Gasteiger partial charge on any atom is -0.478 e. The normalized spacial score (nSPS) is 10.9. The molecule has 0 bridgehead atoms. The van der Waals surface area contributed by atoms with E-state index >= 15 is 0 Å². The number of para-hydroxylation sites is 1. The molecule has 0 aliphatic rings. The molecule has 1 heterocycles. The number of halogens is 2. The third-order valence-corrected chi connectivity index (χ3v) is 3.10. The maximum Gasteiger partial charge on any atom is 0.339 e. The van der Waals surface area contributed by atoms with E-state index in [0.29, 0.717) is 11.1 Å². The quantitative estimate of drug-likeness (QED) is 0.775. The molecule has 0 saturated heterocycles. The Kier molecular flexibility index (Phi) is 2.91. The summed E-state index contributed by atoms with van der Waals surface area (Å²) in [4.78, 5) is 15.3. The van der Waals surface area contributed by atoms with Crippen LogP contribution < -0.4 is 0 Å². The fourth-order valence-corrected chi connectivity index (χ4v) is 2.05. The van der Waals surface area contributed by atoms with E-state index in [4.69, 9.17) is 21.1 Å². The molecule has 0 atom stereocenters. The number of benzene rings is 2. The van der Waals surface area contributed by atoms with Crippen molar-refractivity contribution in [3.8, 4) is 11.5 Å². The molecule has 0 saturated carbocycles. The maximum atomic E-state index is 13.1. The number of fused-ring (bicyclic) bond motifs is 1. The summed E-state index contributed by atoms with van der Waals surface area (Å²) in [5.74, 6) is -1.45. The second-order valence-electron chi connectivity index (χ2n) is 4.11. The number of aromatic nitrogens is 1. The highest BCUT2D eigenvalue weighted by Crippen LogP contribution is 2.29. The molecule has 20 heavy (non-hydrogen) atoms. The van der Waals surface area contributed by atoms with Gasteiger partial charge in [0.05, 0.1) is 5.02 Å². The number of oxazole rings is 1. The fourth-order valence-electron chi connectivity index (χ4n) is 1.87. The highest BCUT2D eigenvalue weighted by atomic mass is 35.5. The van der Waals surface area contributed by atoms with Crippen molar-refractivity contribution in [2.75, 3.05) is 0 Å². The first kappa shape index (κ1) is 12.6. The van der Waals surface area contributed by atoms with Crippen molar-refractivity contribution in [1.82, 2.24) is 4.98 Å². The number of hydrogen-bond donors (Lipinski definition) is 1. The van der Waals surface area contributed by atoms with E-state index in [2.05, 4.69) is 4.98 Å². The Labute approximate surface area is 117 Å². The third kappa shape index (κ3) is 2.02. The Morgan fingerprint density at radius 2 is 2.10 bits per heavy atom. The number of nitrogens with zero attached hydrogens (tertiary/aromatic N) is 1. The van der Waals surface area contributed by atoms with Gasteiger partial charge in [0.25, 0.3) is 0 Å². The predicted octanol–water partition coefficient (Wildman–Crippen LogP) is 3.99. The molecule has 0 fully saturated rings. The Balaban J connectivity index is 2.20. The highest BCUT2D eigenvalue weighted by molar-refractivity contribution is 6.31. The monoisotopic (exact) mass is 291 g/mol. The molecule has 3 aromatic rings. The van der Waals surface area contributed by atoms with Crippen molar-refractivity contribution in [1.29, 1.82) is 0 Å². The van der Waals surface area contributed by atoms with Crippen LogP contribution in [-0.2, 0) is 0 Å². The van der Waals surface area contributed by atoms with Crippen molar-refractivity contribution in [3.05, 3.63) is 52.8 Å². The molecule has 0 spiro atoms. The van der Waals surface area contributed by atoms with E-state index in [1.54, 1.807) is 12.1 Å². The first-order chi connectivity index (χ1) is 9.56. The predicted molar refractivity (Wildman–Crippen MR) is 71.4 cm³/mol. The summed E-state index contributed by atoms with van der Waals surface area (Å²) < 4.78 is 18.6. The van der Waals surface area contributed by atoms with Crippen molar-refractivity contribution >= 4 is 28.7 Å². The van der Waals surface area contributed by atoms with E-state index in [9.17, 15) is 9.18 Å². The Morgan fingerprint density at radius 3 is 2.80 bits per heavy atom. The zero-order chi connectivity index (χ0) is 14.3. The van der Waals surface area contributed by atoms with Crippen molar-refractivity contribution in [2.45, 2.75) is 0 Å². The van der Waals surface area contributed by atoms with Crippen LogP contribution in [-0.4, -0.2) is 16.1 Å². The molecule has 0 unspecified atom stereocenters. The lowest BCUT2D eigenvalue weighted by molar-refractivity contribution is 0.0698. The van der Waals surface area contributed by atoms with Gasteiger partial charge in [0.15, 0.2) is 5.58 Å². The minimum atomic E-state index is -1.10. The first-order valence-electron chi connectivity index (χ1n) is 5.64. The molecule has 2 aromatic carbocycles. The van der Waals surface area contributed by atoms with Crippen LogP contribution in [0, 0.1) is 5.82 Å². The number of carboxylic acids is 1. The van der Waals surface area contributed by atoms with Gasteiger partial charge in [-0.15, -0.1) is 0 Å². The zero-order valence-electron chi connectivity index (χ0n) is 9.93. The Bertz CT molecular complexity index is 828. The van der Waals surface area contributed by atoms with Crippen molar-refractivity contribution in [3.63, 3.8) is 0 Å². The van der Waals surface area contributed by atoms with Gasteiger partial charge in [-0.05, 0) is 30.3 Å². The third-order valence-electron chi connectivity index (χ3n) is 2.81. The lowest BCUT2D eigenvalue weighted by Gasteiger charge is -1.97. The van der Waals surface area contributed by atoms with Gasteiger partial charge in [-0.25, -0.2) is 14.2 Å². The van der Waals surface area contributed by atoms with Gasteiger partial charge in [-0.1, -0.05) is 17.7 Å². The molecule has 0 amide bonds. The highest BCUT2D eigenvalue weighted by Gasteiger charge is 2.16. The van der Waals surface area contributed by atoms with Crippen LogP contribution in [0.4, 0.5) is 4.39 Å². The summed E-state index contributed by atoms with van der Waals surface area (Å²) >= 11 is 5.71. The van der Waals surface area contributed by atoms with Crippen LogP contribution in [0.5, 0.6) is 0 Å². The first-order valence-corrected chi connectivity index (χ1v) is 6.02. The standard InChI is InChI=1S/C14H7ClFNO3/c15-9-6-7(4-5-10(9)16)13-17-11-3-1-2-8(14(18)19)12(11)20-13/h1-6H,(H,18,19). The lowest BCUT2D eigenvalue weighted by atomic mass is 10.2. The summed E-state index contributed by atoms with van der Waals surface area (Å²) in [6.07, 6.45) is 0. The zero-order valence-corrected chi connectivity index (χ0v) is 10.7. The van der Waals surface area contributed by atoms with Crippen LogP contribution in [0.1, 0.15) is 10.4 Å². The van der Waals surface area contributed by atoms with Crippen LogP contribution in [0.15, 0.2) is 40.8 Å². The summed E-state index contributed by atoms with van der Waals surface area (Å²) in [6.45, 7) is 0. The molecule has 1 N–H and O–H groups in total. The summed E-state index contributed by atoms with van der Waals surface area (Å²) in [6, 6.07) is 8.69. The van der Waals surface area contributed by atoms with Gasteiger partial charge in [0.2, 0.25) is 5.89 Å².